The molecule has 0 radical (unpaired) electrons. The van der Waals surface area contributed by atoms with Crippen LogP contribution in [0.3, 0.4) is 0 Å². The molecule has 0 aliphatic carbocycles. The Hall–Kier alpha value is -3.09. The molecular weight excluding hydrogens is 284 g/mol. The monoisotopic (exact) mass is 300 g/mol. The number of nitrogens with two attached hydrogens (primary N) is 2. The molecule has 0 atom stereocenters. The minimum Gasteiger partial charge on any atom is -0.462 e. The summed E-state index contributed by atoms with van der Waals surface area (Å²) >= 11 is 0. The first-order valence-corrected chi connectivity index (χ1v) is 6.59. The minimum absolute atomic E-state index is 0.127. The van der Waals surface area contributed by atoms with Crippen molar-refractivity contribution < 1.29 is 13.9 Å². The van der Waals surface area contributed by atoms with Crippen molar-refractivity contribution in [3.63, 3.8) is 0 Å². The Balaban J connectivity index is 2.12. The van der Waals surface area contributed by atoms with Crippen LogP contribution in [0, 0.1) is 0 Å². The number of esters is 1. The maximum absolute atomic E-state index is 11.6. The molecule has 0 unspecified atom stereocenters. The van der Waals surface area contributed by atoms with Gasteiger partial charge in [0.05, 0.1) is 18.4 Å². The van der Waals surface area contributed by atoms with Crippen molar-refractivity contribution >= 4 is 18.1 Å². The summed E-state index contributed by atoms with van der Waals surface area (Å²) in [5.74, 6) is 0.673. The summed E-state index contributed by atoms with van der Waals surface area (Å²) in [6.07, 6.45) is 1.40. The van der Waals surface area contributed by atoms with Gasteiger partial charge in [-0.1, -0.05) is 12.1 Å². The lowest BCUT2D eigenvalue weighted by atomic mass is 10.1. The van der Waals surface area contributed by atoms with Gasteiger partial charge in [-0.05, 0) is 31.2 Å². The molecule has 7 heteroatoms. The van der Waals surface area contributed by atoms with E-state index in [1.165, 1.54) is 6.21 Å². The minimum atomic E-state index is -0.349. The molecule has 1 aromatic carbocycles. The molecule has 0 saturated carbocycles. The Kier molecular flexibility index (Phi) is 4.92. The summed E-state index contributed by atoms with van der Waals surface area (Å²) in [4.78, 5) is 11.6. The van der Waals surface area contributed by atoms with Crippen molar-refractivity contribution in [1.29, 1.82) is 0 Å². The standard InChI is InChI=1S/C15H16N4O3/c1-2-21-14(20)11-5-3-10(4-6-11)13-8-7-12(22-13)9-18-19-15(16)17/h3-9H,2H2,1H3,(H4,16,17,19)/b18-9+. The van der Waals surface area contributed by atoms with Crippen molar-refractivity contribution in [3.05, 3.63) is 47.7 Å². The van der Waals surface area contributed by atoms with Crippen LogP contribution >= 0.6 is 0 Å². The number of benzene rings is 1. The summed E-state index contributed by atoms with van der Waals surface area (Å²) in [6.45, 7) is 2.11. The van der Waals surface area contributed by atoms with Crippen molar-refractivity contribution in [3.8, 4) is 11.3 Å². The first-order chi connectivity index (χ1) is 10.6. The van der Waals surface area contributed by atoms with Crippen LogP contribution in [0.4, 0.5) is 0 Å². The van der Waals surface area contributed by atoms with Crippen LogP contribution in [-0.2, 0) is 4.74 Å². The first-order valence-electron chi connectivity index (χ1n) is 6.59. The highest BCUT2D eigenvalue weighted by atomic mass is 16.5. The van der Waals surface area contributed by atoms with Crippen molar-refractivity contribution in [2.75, 3.05) is 6.61 Å². The van der Waals surface area contributed by atoms with E-state index in [-0.39, 0.29) is 11.9 Å². The lowest BCUT2D eigenvalue weighted by Gasteiger charge is -2.02. The van der Waals surface area contributed by atoms with Crippen LogP contribution in [0.5, 0.6) is 0 Å². The van der Waals surface area contributed by atoms with Crippen LogP contribution in [-0.4, -0.2) is 24.8 Å². The topological polar surface area (TPSA) is 116 Å². The molecule has 7 nitrogen and oxygen atoms in total. The summed E-state index contributed by atoms with van der Waals surface area (Å²) in [7, 11) is 0. The Morgan fingerprint density at radius 3 is 2.59 bits per heavy atom. The molecule has 1 aromatic heterocycles. The maximum Gasteiger partial charge on any atom is 0.338 e. The fourth-order valence-electron chi connectivity index (χ4n) is 1.71. The lowest BCUT2D eigenvalue weighted by molar-refractivity contribution is 0.0526. The van der Waals surface area contributed by atoms with Gasteiger partial charge in [-0.15, -0.1) is 5.10 Å². The van der Waals surface area contributed by atoms with E-state index >= 15 is 0 Å². The predicted molar refractivity (Wildman–Crippen MR) is 83.5 cm³/mol. The predicted octanol–water partition coefficient (Wildman–Crippen LogP) is 1.73. The number of rotatable bonds is 5. The molecule has 2 rings (SSSR count). The van der Waals surface area contributed by atoms with Crippen LogP contribution < -0.4 is 11.5 Å². The summed E-state index contributed by atoms with van der Waals surface area (Å²) in [6, 6.07) is 10.5. The van der Waals surface area contributed by atoms with Gasteiger partial charge >= 0.3 is 5.97 Å². The van der Waals surface area contributed by atoms with Gasteiger partial charge in [0, 0.05) is 5.56 Å². The lowest BCUT2D eigenvalue weighted by Crippen LogP contribution is -2.21. The van der Waals surface area contributed by atoms with E-state index in [0.29, 0.717) is 23.7 Å². The molecule has 0 aliphatic heterocycles. The normalized spacial score (nSPS) is 10.6. The first kappa shape index (κ1) is 15.3. The summed E-state index contributed by atoms with van der Waals surface area (Å²) in [5.41, 5.74) is 11.6. The number of hydrogen-bond acceptors (Lipinski definition) is 5. The van der Waals surface area contributed by atoms with Crippen LogP contribution in [0.2, 0.25) is 0 Å². The molecule has 0 spiro atoms. The Morgan fingerprint density at radius 1 is 1.23 bits per heavy atom. The van der Waals surface area contributed by atoms with E-state index in [1.54, 1.807) is 43.3 Å². The van der Waals surface area contributed by atoms with Crippen LogP contribution in [0.15, 0.2) is 51.0 Å². The molecule has 4 N–H and O–H groups in total. The number of carbonyl (C=O) groups excluding carboxylic acids is 1. The molecule has 0 aliphatic rings. The van der Waals surface area contributed by atoms with Crippen molar-refractivity contribution in [2.45, 2.75) is 6.92 Å². The van der Waals surface area contributed by atoms with E-state index in [1.807, 2.05) is 0 Å². The number of nitrogens with zero attached hydrogens (tertiary/aromatic N) is 2. The molecule has 0 amide bonds. The third-order valence-corrected chi connectivity index (χ3v) is 2.67. The number of guanidine groups is 1. The van der Waals surface area contributed by atoms with Gasteiger partial charge in [0.1, 0.15) is 11.5 Å². The molecule has 22 heavy (non-hydrogen) atoms. The van der Waals surface area contributed by atoms with Gasteiger partial charge in [-0.25, -0.2) is 4.79 Å². The zero-order valence-electron chi connectivity index (χ0n) is 12.0. The molecule has 114 valence electrons. The number of carbonyl (C=O) groups is 1. The van der Waals surface area contributed by atoms with Crippen molar-refractivity contribution in [2.24, 2.45) is 21.7 Å². The Labute approximate surface area is 127 Å². The molecule has 0 saturated heterocycles. The van der Waals surface area contributed by atoms with E-state index in [9.17, 15) is 4.79 Å². The Bertz CT molecular complexity index is 698. The zero-order valence-corrected chi connectivity index (χ0v) is 12.0. The number of hydrogen-bond donors (Lipinski definition) is 2. The van der Waals surface area contributed by atoms with E-state index in [0.717, 1.165) is 5.56 Å². The average molecular weight is 300 g/mol. The third-order valence-electron chi connectivity index (χ3n) is 2.67. The highest BCUT2D eigenvalue weighted by Gasteiger charge is 2.08. The van der Waals surface area contributed by atoms with Gasteiger partial charge in [0.2, 0.25) is 5.96 Å². The molecular formula is C15H16N4O3. The van der Waals surface area contributed by atoms with Gasteiger partial charge in [-0.2, -0.15) is 5.10 Å². The van der Waals surface area contributed by atoms with Crippen LogP contribution in [0.25, 0.3) is 11.3 Å². The van der Waals surface area contributed by atoms with Gasteiger partial charge < -0.3 is 20.6 Å². The number of furan rings is 1. The van der Waals surface area contributed by atoms with E-state index in [2.05, 4.69) is 10.2 Å². The second-order valence-electron chi connectivity index (χ2n) is 4.27. The second-order valence-corrected chi connectivity index (χ2v) is 4.27. The SMILES string of the molecule is CCOC(=O)c1ccc(-c2ccc(/C=N/N=C(N)N)o2)cc1. The zero-order chi connectivity index (χ0) is 15.9. The van der Waals surface area contributed by atoms with Gasteiger partial charge in [0.25, 0.3) is 0 Å². The fraction of sp³-hybridized carbons (Fsp3) is 0.133. The average Bonchev–Trinajstić information content (AvgIpc) is 2.96. The maximum atomic E-state index is 11.6. The molecule has 2 aromatic rings. The molecule has 0 bridgehead atoms. The largest absolute Gasteiger partial charge is 0.462 e. The quantitative estimate of drug-likeness (QED) is 0.377. The summed E-state index contributed by atoms with van der Waals surface area (Å²) < 4.78 is 10.5. The molecule has 1 heterocycles. The molecule has 0 fully saturated rings. The summed E-state index contributed by atoms with van der Waals surface area (Å²) in [5, 5.41) is 7.14. The van der Waals surface area contributed by atoms with Gasteiger partial charge in [0.15, 0.2) is 0 Å². The second kappa shape index (κ2) is 7.07. The Morgan fingerprint density at radius 2 is 1.95 bits per heavy atom. The van der Waals surface area contributed by atoms with Crippen LogP contribution in [0.1, 0.15) is 23.0 Å². The fourth-order valence-corrected chi connectivity index (χ4v) is 1.71. The van der Waals surface area contributed by atoms with E-state index in [4.69, 9.17) is 20.6 Å². The smallest absolute Gasteiger partial charge is 0.338 e. The van der Waals surface area contributed by atoms with Crippen molar-refractivity contribution in [1.82, 2.24) is 0 Å². The highest BCUT2D eigenvalue weighted by molar-refractivity contribution is 5.90. The van der Waals surface area contributed by atoms with Gasteiger partial charge in [-0.3, -0.25) is 0 Å². The highest BCUT2D eigenvalue weighted by Crippen LogP contribution is 2.22. The third kappa shape index (κ3) is 3.95. The number of ether oxygens (including phenoxy) is 1. The van der Waals surface area contributed by atoms with E-state index < -0.39 is 0 Å².